The van der Waals surface area contributed by atoms with E-state index in [-0.39, 0.29) is 5.88 Å². The zero-order valence-corrected chi connectivity index (χ0v) is 16.7. The van der Waals surface area contributed by atoms with Crippen LogP contribution in [-0.2, 0) is 9.53 Å². The zero-order chi connectivity index (χ0) is 20.5. The maximum absolute atomic E-state index is 12.4. The Balaban J connectivity index is 1.34. The van der Waals surface area contributed by atoms with Gasteiger partial charge in [-0.1, -0.05) is 35.0 Å². The lowest BCUT2D eigenvalue weighted by Gasteiger charge is -2.08. The van der Waals surface area contributed by atoms with Crippen LogP contribution < -0.4 is 5.32 Å². The molecule has 150 valence electrons. The molecule has 4 rings (SSSR count). The molecule has 3 aromatic rings. The van der Waals surface area contributed by atoms with Gasteiger partial charge in [0.1, 0.15) is 5.69 Å². The lowest BCUT2D eigenvalue weighted by atomic mass is 10.1. The molecule has 29 heavy (non-hydrogen) atoms. The monoisotopic (exact) mass is 393 g/mol. The molecule has 0 radical (unpaired) electrons. The molecule has 1 fully saturated rings. The number of nitrogens with zero attached hydrogens (tertiary/aromatic N) is 2. The Hall–Kier alpha value is -3.35. The van der Waals surface area contributed by atoms with Crippen LogP contribution in [0.4, 0.5) is 5.88 Å². The van der Waals surface area contributed by atoms with Gasteiger partial charge in [0.15, 0.2) is 6.61 Å². The number of nitrogens with one attached hydrogen (secondary N) is 1. The zero-order valence-electron chi connectivity index (χ0n) is 16.7. The second-order valence-corrected chi connectivity index (χ2v) is 7.45. The number of rotatable bonds is 6. The van der Waals surface area contributed by atoms with Crippen molar-refractivity contribution >= 4 is 17.8 Å². The predicted octanol–water partition coefficient (Wildman–Crippen LogP) is 4.20. The van der Waals surface area contributed by atoms with Crippen LogP contribution in [0.2, 0.25) is 0 Å². The summed E-state index contributed by atoms with van der Waals surface area (Å²) in [5.41, 5.74) is 5.07. The van der Waals surface area contributed by atoms with Gasteiger partial charge >= 0.3 is 5.97 Å². The molecule has 7 heteroatoms. The number of hydrogen-bond acceptors (Lipinski definition) is 5. The highest BCUT2D eigenvalue weighted by Gasteiger charge is 2.28. The molecule has 0 aliphatic heterocycles. The van der Waals surface area contributed by atoms with Gasteiger partial charge in [-0.05, 0) is 39.7 Å². The lowest BCUT2D eigenvalue weighted by molar-refractivity contribution is -0.119. The Bertz CT molecular complexity index is 1060. The average molecular weight is 393 g/mol. The van der Waals surface area contributed by atoms with E-state index in [1.807, 2.05) is 51.1 Å². The van der Waals surface area contributed by atoms with Crippen LogP contribution in [-0.4, -0.2) is 28.2 Å². The quantitative estimate of drug-likeness (QED) is 0.634. The molecule has 2 heterocycles. The van der Waals surface area contributed by atoms with E-state index in [2.05, 4.69) is 15.0 Å². The summed E-state index contributed by atoms with van der Waals surface area (Å²) < 4.78 is 12.5. The number of aryl methyl sites for hydroxylation is 2. The van der Waals surface area contributed by atoms with E-state index in [1.54, 1.807) is 6.07 Å². The Morgan fingerprint density at radius 1 is 1.17 bits per heavy atom. The molecule has 2 aromatic heterocycles. The summed E-state index contributed by atoms with van der Waals surface area (Å²) in [7, 11) is 0. The molecule has 0 unspecified atom stereocenters. The van der Waals surface area contributed by atoms with Gasteiger partial charge in [-0.3, -0.25) is 10.1 Å². The molecule has 7 nitrogen and oxygen atoms in total. The summed E-state index contributed by atoms with van der Waals surface area (Å²) in [6.45, 7) is 5.49. The summed E-state index contributed by atoms with van der Waals surface area (Å²) in [4.78, 5) is 24.5. The molecule has 1 amide bonds. The van der Waals surface area contributed by atoms with Crippen LogP contribution in [0.25, 0.3) is 11.3 Å². The predicted molar refractivity (Wildman–Crippen MR) is 108 cm³/mol. The third kappa shape index (κ3) is 4.08. The lowest BCUT2D eigenvalue weighted by Crippen LogP contribution is -2.21. The summed E-state index contributed by atoms with van der Waals surface area (Å²) in [5, 5.41) is 6.52. The van der Waals surface area contributed by atoms with Crippen molar-refractivity contribution in [1.82, 2.24) is 9.72 Å². The van der Waals surface area contributed by atoms with Gasteiger partial charge in [-0.25, -0.2) is 4.79 Å². The largest absolute Gasteiger partial charge is 0.452 e. The smallest absolute Gasteiger partial charge is 0.340 e. The van der Waals surface area contributed by atoms with E-state index in [1.165, 1.54) is 0 Å². The van der Waals surface area contributed by atoms with Crippen molar-refractivity contribution in [3.8, 4) is 11.3 Å². The fraction of sp³-hybridized carbons (Fsp3) is 0.318. The van der Waals surface area contributed by atoms with Crippen molar-refractivity contribution < 1.29 is 18.8 Å². The van der Waals surface area contributed by atoms with Crippen molar-refractivity contribution in [2.75, 3.05) is 11.9 Å². The highest BCUT2D eigenvalue weighted by atomic mass is 16.5. The topological polar surface area (TPSA) is 86.4 Å². The number of hydrogen-bond donors (Lipinski definition) is 1. The van der Waals surface area contributed by atoms with E-state index in [0.29, 0.717) is 17.3 Å². The molecule has 0 spiro atoms. The van der Waals surface area contributed by atoms with Gasteiger partial charge in [0.05, 0.1) is 5.56 Å². The van der Waals surface area contributed by atoms with Gasteiger partial charge < -0.3 is 13.8 Å². The molecule has 1 N–H and O–H groups in total. The van der Waals surface area contributed by atoms with Crippen LogP contribution in [0.3, 0.4) is 0 Å². The second kappa shape index (κ2) is 7.58. The standard InChI is InChI=1S/C22H23N3O4/c1-13-4-6-16(7-5-13)19-11-21(29-24-19)23-20(26)12-28-22(27)18-10-14(2)25(15(18)3)17-8-9-17/h4-7,10-11,17H,8-9,12H2,1-3H3,(H,23,26). The average Bonchev–Trinajstić information content (AvgIpc) is 3.34. The van der Waals surface area contributed by atoms with Crippen LogP contribution in [0, 0.1) is 20.8 Å². The molecular formula is C22H23N3O4. The molecule has 0 atom stereocenters. The SMILES string of the molecule is Cc1ccc(-c2cc(NC(=O)COC(=O)c3cc(C)n(C4CC4)c3C)on2)cc1. The van der Waals surface area contributed by atoms with Crippen LogP contribution >= 0.6 is 0 Å². The molecule has 1 aliphatic rings. The Morgan fingerprint density at radius 2 is 1.90 bits per heavy atom. The highest BCUT2D eigenvalue weighted by molar-refractivity contribution is 5.95. The fourth-order valence-electron chi connectivity index (χ4n) is 3.46. The first kappa shape index (κ1) is 19.0. The Morgan fingerprint density at radius 3 is 2.59 bits per heavy atom. The first-order valence-electron chi connectivity index (χ1n) is 9.61. The Kier molecular flexibility index (Phi) is 4.96. The van der Waals surface area contributed by atoms with E-state index in [9.17, 15) is 9.59 Å². The number of ether oxygens (including phenoxy) is 1. The number of carbonyl (C=O) groups is 2. The number of amides is 1. The van der Waals surface area contributed by atoms with Gasteiger partial charge in [-0.2, -0.15) is 0 Å². The van der Waals surface area contributed by atoms with E-state index in [0.717, 1.165) is 35.4 Å². The van der Waals surface area contributed by atoms with E-state index in [4.69, 9.17) is 9.26 Å². The second-order valence-electron chi connectivity index (χ2n) is 7.45. The molecule has 1 saturated carbocycles. The first-order valence-corrected chi connectivity index (χ1v) is 9.61. The molecule has 1 aliphatic carbocycles. The third-order valence-corrected chi connectivity index (χ3v) is 5.07. The normalized spacial score (nSPS) is 13.3. The first-order chi connectivity index (χ1) is 13.9. The van der Waals surface area contributed by atoms with Crippen LogP contribution in [0.15, 0.2) is 40.9 Å². The van der Waals surface area contributed by atoms with Crippen LogP contribution in [0.5, 0.6) is 0 Å². The van der Waals surface area contributed by atoms with Crippen molar-refractivity contribution in [3.05, 3.63) is 58.9 Å². The minimum Gasteiger partial charge on any atom is -0.452 e. The number of anilines is 1. The van der Waals surface area contributed by atoms with Crippen LogP contribution in [0.1, 0.15) is 46.2 Å². The van der Waals surface area contributed by atoms with E-state index >= 15 is 0 Å². The molecule has 0 saturated heterocycles. The minimum absolute atomic E-state index is 0.202. The maximum Gasteiger partial charge on any atom is 0.340 e. The Labute approximate surface area is 168 Å². The fourth-order valence-corrected chi connectivity index (χ4v) is 3.46. The molecule has 1 aromatic carbocycles. The minimum atomic E-state index is -0.502. The summed E-state index contributed by atoms with van der Waals surface area (Å²) in [6.07, 6.45) is 2.27. The number of esters is 1. The van der Waals surface area contributed by atoms with E-state index < -0.39 is 18.5 Å². The number of carbonyl (C=O) groups excluding carboxylic acids is 2. The van der Waals surface area contributed by atoms with Gasteiger partial charge in [-0.15, -0.1) is 0 Å². The van der Waals surface area contributed by atoms with Gasteiger partial charge in [0, 0.05) is 29.1 Å². The summed E-state index contributed by atoms with van der Waals surface area (Å²) >= 11 is 0. The summed E-state index contributed by atoms with van der Waals surface area (Å²) in [6, 6.07) is 11.7. The van der Waals surface area contributed by atoms with Gasteiger partial charge in [0.25, 0.3) is 5.91 Å². The maximum atomic E-state index is 12.4. The number of aromatic nitrogens is 2. The van der Waals surface area contributed by atoms with Crippen molar-refractivity contribution in [2.45, 2.75) is 39.7 Å². The number of benzene rings is 1. The molecule has 0 bridgehead atoms. The molecular weight excluding hydrogens is 370 g/mol. The van der Waals surface area contributed by atoms with Crippen molar-refractivity contribution in [3.63, 3.8) is 0 Å². The highest BCUT2D eigenvalue weighted by Crippen LogP contribution is 2.38. The third-order valence-electron chi connectivity index (χ3n) is 5.07. The van der Waals surface area contributed by atoms with Crippen molar-refractivity contribution in [1.29, 1.82) is 0 Å². The summed E-state index contributed by atoms with van der Waals surface area (Å²) in [5.74, 6) is -0.785. The van der Waals surface area contributed by atoms with Gasteiger partial charge in [0.2, 0.25) is 5.88 Å². The van der Waals surface area contributed by atoms with Crippen molar-refractivity contribution in [2.24, 2.45) is 0 Å².